The van der Waals surface area contributed by atoms with Crippen LogP contribution in [0.5, 0.6) is 0 Å². The molecule has 0 rings (SSSR count). The average Bonchev–Trinajstić information content (AvgIpc) is 2.36. The van der Waals surface area contributed by atoms with Crippen molar-refractivity contribution in [1.29, 1.82) is 0 Å². The predicted octanol–water partition coefficient (Wildman–Crippen LogP) is 0.594. The molecular weight excluding hydrogens is 270 g/mol. The van der Waals surface area contributed by atoms with E-state index in [-0.39, 0.29) is 17.7 Å². The fourth-order valence-corrected chi connectivity index (χ4v) is 1.96. The molecule has 0 aromatic heterocycles. The Hall–Kier alpha value is -1.43. The Labute approximate surface area is 127 Å². The second-order valence-corrected chi connectivity index (χ2v) is 6.36. The number of nitrogens with two attached hydrogens (primary N) is 1. The number of rotatable bonds is 9. The van der Waals surface area contributed by atoms with Gasteiger partial charge in [0.05, 0.1) is 12.1 Å². The largest absolute Gasteiger partial charge is 0.345 e. The summed E-state index contributed by atoms with van der Waals surface area (Å²) in [7, 11) is 0. The predicted molar refractivity (Wildman–Crippen MR) is 82.5 cm³/mol. The zero-order valence-corrected chi connectivity index (χ0v) is 13.7. The molecule has 6 heteroatoms. The maximum absolute atomic E-state index is 12.1. The molecule has 3 atom stereocenters. The van der Waals surface area contributed by atoms with Gasteiger partial charge < -0.3 is 21.2 Å². The van der Waals surface area contributed by atoms with Gasteiger partial charge in [-0.1, -0.05) is 27.7 Å². The van der Waals surface area contributed by atoms with Crippen LogP contribution in [0.25, 0.3) is 0 Å². The summed E-state index contributed by atoms with van der Waals surface area (Å²) in [6.07, 6.45) is 1.71. The summed E-state index contributed by atoms with van der Waals surface area (Å²) in [5.41, 5.74) is 5.82. The summed E-state index contributed by atoms with van der Waals surface area (Å²) in [4.78, 5) is 34.8. The fourth-order valence-electron chi connectivity index (χ4n) is 1.96. The molecule has 0 aliphatic carbocycles. The third kappa shape index (κ3) is 8.45. The second-order valence-electron chi connectivity index (χ2n) is 6.36. The highest BCUT2D eigenvalue weighted by atomic mass is 16.2. The van der Waals surface area contributed by atoms with E-state index in [1.165, 1.54) is 0 Å². The molecule has 0 aliphatic rings. The van der Waals surface area contributed by atoms with Crippen LogP contribution in [0.2, 0.25) is 0 Å². The molecule has 4 N–H and O–H groups in total. The molecule has 0 aliphatic heterocycles. The molecule has 0 saturated carbocycles. The molecule has 0 aromatic carbocycles. The van der Waals surface area contributed by atoms with Crippen LogP contribution in [0.1, 0.15) is 47.5 Å². The molecule has 0 radical (unpaired) electrons. The molecule has 0 fully saturated rings. The number of hydrogen-bond acceptors (Lipinski definition) is 4. The van der Waals surface area contributed by atoms with Gasteiger partial charge in [0.25, 0.3) is 0 Å². The third-order valence-electron chi connectivity index (χ3n) is 2.98. The van der Waals surface area contributed by atoms with Gasteiger partial charge >= 0.3 is 0 Å². The lowest BCUT2D eigenvalue weighted by Crippen LogP contribution is -2.53. The van der Waals surface area contributed by atoms with Crippen molar-refractivity contribution in [2.75, 3.05) is 0 Å². The lowest BCUT2D eigenvalue weighted by molar-refractivity contribution is -0.131. The summed E-state index contributed by atoms with van der Waals surface area (Å²) < 4.78 is 0. The van der Waals surface area contributed by atoms with Crippen LogP contribution in [0.3, 0.4) is 0 Å². The highest BCUT2D eigenvalue weighted by molar-refractivity contribution is 5.90. The summed E-state index contributed by atoms with van der Waals surface area (Å²) in [5, 5.41) is 5.25. The molecule has 0 spiro atoms. The average molecular weight is 299 g/mol. The molecule has 21 heavy (non-hydrogen) atoms. The molecule has 0 heterocycles. The van der Waals surface area contributed by atoms with Gasteiger partial charge in [-0.15, -0.1) is 0 Å². The number of aldehydes is 1. The molecule has 2 amide bonds. The molecule has 0 unspecified atom stereocenters. The molecule has 122 valence electrons. The Morgan fingerprint density at radius 1 is 0.952 bits per heavy atom. The van der Waals surface area contributed by atoms with Crippen LogP contribution in [0.15, 0.2) is 0 Å². The minimum absolute atomic E-state index is 0.230. The number of nitrogens with one attached hydrogen (secondary N) is 2. The molecule has 0 saturated heterocycles. The Morgan fingerprint density at radius 3 is 1.90 bits per heavy atom. The van der Waals surface area contributed by atoms with Gasteiger partial charge in [0.15, 0.2) is 0 Å². The Balaban J connectivity index is 4.71. The van der Waals surface area contributed by atoms with Crippen molar-refractivity contribution in [3.8, 4) is 0 Å². The zero-order valence-electron chi connectivity index (χ0n) is 13.7. The van der Waals surface area contributed by atoms with Crippen molar-refractivity contribution >= 4 is 18.1 Å². The number of amides is 2. The lowest BCUT2D eigenvalue weighted by atomic mass is 10.0. The first-order valence-electron chi connectivity index (χ1n) is 7.49. The van der Waals surface area contributed by atoms with Gasteiger partial charge in [0.1, 0.15) is 12.3 Å². The summed E-state index contributed by atoms with van der Waals surface area (Å²) in [6, 6.07) is -1.87. The minimum Gasteiger partial charge on any atom is -0.345 e. The van der Waals surface area contributed by atoms with E-state index in [0.717, 1.165) is 0 Å². The maximum atomic E-state index is 12.1. The lowest BCUT2D eigenvalue weighted by Gasteiger charge is -2.23. The topological polar surface area (TPSA) is 101 Å². The molecule has 6 nitrogen and oxygen atoms in total. The van der Waals surface area contributed by atoms with Crippen molar-refractivity contribution in [1.82, 2.24) is 10.6 Å². The Morgan fingerprint density at radius 2 is 1.48 bits per heavy atom. The van der Waals surface area contributed by atoms with E-state index >= 15 is 0 Å². The van der Waals surface area contributed by atoms with E-state index < -0.39 is 18.1 Å². The summed E-state index contributed by atoms with van der Waals surface area (Å²) >= 11 is 0. The minimum atomic E-state index is -0.668. The van der Waals surface area contributed by atoms with Crippen molar-refractivity contribution in [2.45, 2.75) is 65.6 Å². The van der Waals surface area contributed by atoms with E-state index in [2.05, 4.69) is 10.6 Å². The van der Waals surface area contributed by atoms with Crippen LogP contribution in [0, 0.1) is 11.8 Å². The summed E-state index contributed by atoms with van der Waals surface area (Å²) in [6.45, 7) is 9.48. The monoisotopic (exact) mass is 299 g/mol. The van der Waals surface area contributed by atoms with Crippen LogP contribution in [0.4, 0.5) is 0 Å². The first kappa shape index (κ1) is 19.6. The molecule has 0 bridgehead atoms. The van der Waals surface area contributed by atoms with Gasteiger partial charge in [-0.05, 0) is 31.6 Å². The van der Waals surface area contributed by atoms with Crippen LogP contribution in [-0.2, 0) is 14.4 Å². The SMILES string of the molecule is CC(C)C[C@H](NC(=O)[C@@H](N)CC(C)C)C(=O)N[C@@H](C)C=O. The zero-order chi connectivity index (χ0) is 16.6. The Bertz CT molecular complexity index is 356. The van der Waals surface area contributed by atoms with E-state index in [0.29, 0.717) is 25.0 Å². The summed E-state index contributed by atoms with van der Waals surface area (Å²) in [5.74, 6) is -0.149. The van der Waals surface area contributed by atoms with E-state index in [4.69, 9.17) is 5.73 Å². The number of carbonyl (C=O) groups is 3. The highest BCUT2D eigenvalue weighted by Crippen LogP contribution is 2.07. The van der Waals surface area contributed by atoms with E-state index in [1.807, 2.05) is 27.7 Å². The Kier molecular flexibility index (Phi) is 8.85. The van der Waals surface area contributed by atoms with Crippen LogP contribution < -0.4 is 16.4 Å². The first-order chi connectivity index (χ1) is 9.67. The van der Waals surface area contributed by atoms with Crippen LogP contribution in [-0.4, -0.2) is 36.2 Å². The van der Waals surface area contributed by atoms with Gasteiger partial charge in [-0.3, -0.25) is 9.59 Å². The van der Waals surface area contributed by atoms with Crippen molar-refractivity contribution in [2.24, 2.45) is 17.6 Å². The van der Waals surface area contributed by atoms with Gasteiger partial charge in [-0.25, -0.2) is 0 Å². The third-order valence-corrected chi connectivity index (χ3v) is 2.98. The van der Waals surface area contributed by atoms with Gasteiger partial charge in [0.2, 0.25) is 11.8 Å². The van der Waals surface area contributed by atoms with E-state index in [9.17, 15) is 14.4 Å². The number of hydrogen-bond donors (Lipinski definition) is 3. The first-order valence-corrected chi connectivity index (χ1v) is 7.49. The van der Waals surface area contributed by atoms with Gasteiger partial charge in [0, 0.05) is 0 Å². The smallest absolute Gasteiger partial charge is 0.243 e. The van der Waals surface area contributed by atoms with Crippen molar-refractivity contribution in [3.63, 3.8) is 0 Å². The normalized spacial score (nSPS) is 15.4. The van der Waals surface area contributed by atoms with Gasteiger partial charge in [-0.2, -0.15) is 0 Å². The maximum Gasteiger partial charge on any atom is 0.243 e. The standard InChI is InChI=1S/C15H29N3O3/c1-9(2)6-12(16)14(20)18-13(7-10(3)4)15(21)17-11(5)8-19/h8-13H,6-7,16H2,1-5H3,(H,17,21)(H,18,20)/t11-,12-,13-/m0/s1. The quantitative estimate of drug-likeness (QED) is 0.542. The molecule has 0 aromatic rings. The second kappa shape index (κ2) is 9.50. The highest BCUT2D eigenvalue weighted by Gasteiger charge is 2.25. The fraction of sp³-hybridized carbons (Fsp3) is 0.800. The molecular formula is C15H29N3O3. The number of carbonyl (C=O) groups excluding carboxylic acids is 3. The van der Waals surface area contributed by atoms with E-state index in [1.54, 1.807) is 6.92 Å². The van der Waals surface area contributed by atoms with Crippen molar-refractivity contribution in [3.05, 3.63) is 0 Å². The van der Waals surface area contributed by atoms with Crippen molar-refractivity contribution < 1.29 is 14.4 Å². The van der Waals surface area contributed by atoms with Crippen LogP contribution >= 0.6 is 0 Å².